The van der Waals surface area contributed by atoms with E-state index in [1.165, 1.54) is 14.2 Å². The second-order valence-electron chi connectivity index (χ2n) is 11.5. The van der Waals surface area contributed by atoms with E-state index in [1.807, 2.05) is 77.7 Å². The van der Waals surface area contributed by atoms with Gasteiger partial charge in [-0.25, -0.2) is 9.59 Å². The van der Waals surface area contributed by atoms with E-state index in [-0.39, 0.29) is 11.3 Å². The Kier molecular flexibility index (Phi) is 7.36. The van der Waals surface area contributed by atoms with Gasteiger partial charge in [-0.15, -0.1) is 0 Å². The number of fused-ring (bicyclic) bond motifs is 8. The molecule has 2 heterocycles. The molecule has 4 aromatic rings. The van der Waals surface area contributed by atoms with Gasteiger partial charge in [0.1, 0.15) is 5.70 Å². The number of ether oxygens (including phenoxy) is 4. The standard InChI is InChI=1S/C38H32ClNO6/c1-43-32-19-23-17-18-40-31(27(23)20-33(32)44-2)21-30(22-13-15-24(39)16-14-22)38(34(36(41)45-3)35(40)37(42)46-4)28-11-7-5-9-25(28)26-10-6-8-12-29(26)38/h5-16,19-21,30H,17-18H2,1-4H3. The lowest BCUT2D eigenvalue weighted by atomic mass is 9.61. The highest BCUT2D eigenvalue weighted by Gasteiger charge is 2.57. The second kappa shape index (κ2) is 11.4. The highest BCUT2D eigenvalue weighted by molar-refractivity contribution is 6.30. The molecule has 232 valence electrons. The largest absolute Gasteiger partial charge is 0.493 e. The molecule has 0 bridgehead atoms. The number of esters is 2. The van der Waals surface area contributed by atoms with Crippen molar-refractivity contribution in [2.24, 2.45) is 0 Å². The van der Waals surface area contributed by atoms with Crippen molar-refractivity contribution in [3.63, 3.8) is 0 Å². The van der Waals surface area contributed by atoms with Crippen LogP contribution in [0.4, 0.5) is 0 Å². The summed E-state index contributed by atoms with van der Waals surface area (Å²) in [5, 5.41) is 0.590. The molecule has 4 aromatic carbocycles. The van der Waals surface area contributed by atoms with E-state index in [1.54, 1.807) is 14.2 Å². The first-order chi connectivity index (χ1) is 22.4. The zero-order valence-electron chi connectivity index (χ0n) is 25.9. The highest BCUT2D eigenvalue weighted by Crippen LogP contribution is 2.62. The maximum Gasteiger partial charge on any atom is 0.355 e. The van der Waals surface area contributed by atoms with Crippen LogP contribution in [0.25, 0.3) is 16.8 Å². The van der Waals surface area contributed by atoms with E-state index in [2.05, 4.69) is 18.2 Å². The average Bonchev–Trinajstić information content (AvgIpc) is 3.30. The minimum absolute atomic E-state index is 0.143. The fourth-order valence-corrected chi connectivity index (χ4v) is 7.72. The van der Waals surface area contributed by atoms with Crippen molar-refractivity contribution in [1.29, 1.82) is 0 Å². The normalized spacial score (nSPS) is 17.2. The molecule has 1 spiro atoms. The van der Waals surface area contributed by atoms with Crippen LogP contribution in [-0.4, -0.2) is 51.8 Å². The molecular formula is C38H32ClNO6. The van der Waals surface area contributed by atoms with Gasteiger partial charge in [0.2, 0.25) is 0 Å². The Bertz CT molecular complexity index is 1910. The number of rotatable bonds is 5. The molecule has 0 N–H and O–H groups in total. The van der Waals surface area contributed by atoms with Crippen molar-refractivity contribution in [2.45, 2.75) is 17.8 Å². The second-order valence-corrected chi connectivity index (χ2v) is 11.9. The Hall–Kier alpha value is -5.01. The zero-order valence-corrected chi connectivity index (χ0v) is 26.7. The van der Waals surface area contributed by atoms with E-state index in [9.17, 15) is 9.59 Å². The van der Waals surface area contributed by atoms with Gasteiger partial charge in [0.15, 0.2) is 11.5 Å². The van der Waals surface area contributed by atoms with Crippen LogP contribution >= 0.6 is 11.6 Å². The van der Waals surface area contributed by atoms with Gasteiger partial charge in [-0.05, 0) is 64.1 Å². The van der Waals surface area contributed by atoms with Crippen LogP contribution in [0.15, 0.2) is 102 Å². The van der Waals surface area contributed by atoms with Gasteiger partial charge in [-0.2, -0.15) is 0 Å². The van der Waals surface area contributed by atoms with Gasteiger partial charge in [-0.1, -0.05) is 78.3 Å². The maximum absolute atomic E-state index is 14.5. The number of methoxy groups -OCH3 is 4. The minimum Gasteiger partial charge on any atom is -0.493 e. The van der Waals surface area contributed by atoms with Crippen molar-refractivity contribution in [3.8, 4) is 22.6 Å². The van der Waals surface area contributed by atoms with E-state index in [0.29, 0.717) is 29.5 Å². The summed E-state index contributed by atoms with van der Waals surface area (Å²) < 4.78 is 22.5. The summed E-state index contributed by atoms with van der Waals surface area (Å²) in [6.45, 7) is 0.409. The third-order valence-electron chi connectivity index (χ3n) is 9.46. The van der Waals surface area contributed by atoms with Crippen LogP contribution in [0.2, 0.25) is 5.02 Å². The molecule has 3 aliphatic rings. The molecule has 0 saturated carbocycles. The van der Waals surface area contributed by atoms with Gasteiger partial charge >= 0.3 is 11.9 Å². The lowest BCUT2D eigenvalue weighted by molar-refractivity contribution is -0.141. The fraction of sp³-hybridized carbons (Fsp3) is 0.211. The van der Waals surface area contributed by atoms with Crippen LogP contribution in [0.1, 0.15) is 33.7 Å². The third-order valence-corrected chi connectivity index (χ3v) is 9.72. The summed E-state index contributed by atoms with van der Waals surface area (Å²) >= 11 is 6.43. The van der Waals surface area contributed by atoms with Crippen LogP contribution in [0.5, 0.6) is 11.5 Å². The lowest BCUT2D eigenvalue weighted by Crippen LogP contribution is -2.41. The summed E-state index contributed by atoms with van der Waals surface area (Å²) in [7, 11) is 5.90. The molecule has 7 nitrogen and oxygen atoms in total. The van der Waals surface area contributed by atoms with Crippen LogP contribution in [0.3, 0.4) is 0 Å². The first-order valence-corrected chi connectivity index (χ1v) is 15.4. The third kappa shape index (κ3) is 4.18. The minimum atomic E-state index is -1.18. The van der Waals surface area contributed by atoms with Gasteiger partial charge in [0.25, 0.3) is 0 Å². The van der Waals surface area contributed by atoms with Crippen LogP contribution in [-0.2, 0) is 30.9 Å². The molecular weight excluding hydrogens is 602 g/mol. The van der Waals surface area contributed by atoms with Gasteiger partial charge in [-0.3, -0.25) is 0 Å². The number of nitrogens with zero attached hydrogens (tertiary/aromatic N) is 1. The molecule has 0 aromatic heterocycles. The topological polar surface area (TPSA) is 74.3 Å². The highest BCUT2D eigenvalue weighted by atomic mass is 35.5. The number of hydrogen-bond acceptors (Lipinski definition) is 7. The molecule has 2 aliphatic heterocycles. The molecule has 0 amide bonds. The summed E-state index contributed by atoms with van der Waals surface area (Å²) in [6.07, 6.45) is 2.75. The first-order valence-electron chi connectivity index (χ1n) is 15.0. The number of allylic oxidation sites excluding steroid dienone is 1. The number of hydrogen-bond donors (Lipinski definition) is 0. The van der Waals surface area contributed by atoms with Gasteiger partial charge in [0, 0.05) is 28.7 Å². The van der Waals surface area contributed by atoms with E-state index in [0.717, 1.165) is 44.6 Å². The molecule has 0 saturated heterocycles. The maximum atomic E-state index is 14.5. The molecule has 0 fully saturated rings. The summed E-state index contributed by atoms with van der Waals surface area (Å²) in [6, 6.07) is 27.7. The Labute approximate surface area is 272 Å². The smallest absolute Gasteiger partial charge is 0.355 e. The summed E-state index contributed by atoms with van der Waals surface area (Å²) in [4.78, 5) is 30.6. The first kappa shape index (κ1) is 29.7. The van der Waals surface area contributed by atoms with Gasteiger partial charge in [0.05, 0.1) is 39.4 Å². The van der Waals surface area contributed by atoms with E-state index < -0.39 is 23.3 Å². The SMILES string of the molecule is COC(=O)C1=C(C(=O)OC)C2(c3ccccc3-c3ccccc32)C(c2ccc(Cl)cc2)C=C2c3cc(OC)c(OC)cc3CCN21. The lowest BCUT2D eigenvalue weighted by Gasteiger charge is -2.39. The molecule has 0 radical (unpaired) electrons. The Morgan fingerprint density at radius 2 is 1.35 bits per heavy atom. The predicted molar refractivity (Wildman–Crippen MR) is 176 cm³/mol. The van der Waals surface area contributed by atoms with Crippen molar-refractivity contribution < 1.29 is 28.5 Å². The average molecular weight is 634 g/mol. The summed E-state index contributed by atoms with van der Waals surface area (Å²) in [5.41, 5.74) is 6.47. The number of benzene rings is 4. The van der Waals surface area contributed by atoms with Crippen molar-refractivity contribution in [1.82, 2.24) is 4.90 Å². The number of carbonyl (C=O) groups excluding carboxylic acids is 2. The number of carbonyl (C=O) groups is 2. The zero-order chi connectivity index (χ0) is 32.2. The molecule has 8 heteroatoms. The Morgan fingerprint density at radius 1 is 0.761 bits per heavy atom. The Morgan fingerprint density at radius 3 is 1.93 bits per heavy atom. The molecule has 7 rings (SSSR count). The Balaban J connectivity index is 1.70. The molecule has 46 heavy (non-hydrogen) atoms. The fourth-order valence-electron chi connectivity index (χ4n) is 7.59. The van der Waals surface area contributed by atoms with E-state index in [4.69, 9.17) is 30.5 Å². The quantitative estimate of drug-likeness (QED) is 0.221. The monoisotopic (exact) mass is 633 g/mol. The molecule has 1 unspecified atom stereocenters. The number of halogens is 1. The van der Waals surface area contributed by atoms with E-state index >= 15 is 0 Å². The van der Waals surface area contributed by atoms with Crippen LogP contribution in [0, 0.1) is 0 Å². The van der Waals surface area contributed by atoms with Crippen molar-refractivity contribution in [3.05, 3.63) is 135 Å². The van der Waals surface area contributed by atoms with Crippen LogP contribution < -0.4 is 9.47 Å². The molecule has 1 aliphatic carbocycles. The van der Waals surface area contributed by atoms with Gasteiger partial charge < -0.3 is 23.8 Å². The van der Waals surface area contributed by atoms with Crippen molar-refractivity contribution in [2.75, 3.05) is 35.0 Å². The predicted octanol–water partition coefficient (Wildman–Crippen LogP) is 6.92. The molecule has 1 atom stereocenters. The summed E-state index contributed by atoms with van der Waals surface area (Å²) in [5.74, 6) is -0.569. The van der Waals surface area contributed by atoms with Crippen molar-refractivity contribution >= 4 is 29.2 Å².